The third kappa shape index (κ3) is 2.19. The molecular formula is C6H3F4NO2S. The highest BCUT2D eigenvalue weighted by atomic mass is 32.3. The molecule has 0 fully saturated rings. The second-order valence-electron chi connectivity index (χ2n) is 2.31. The number of rotatable bonds is 1. The van der Waals surface area contributed by atoms with Gasteiger partial charge in [0.05, 0.1) is 5.56 Å². The first kappa shape index (κ1) is 10.9. The van der Waals surface area contributed by atoms with E-state index in [9.17, 15) is 25.5 Å². The van der Waals surface area contributed by atoms with E-state index in [0.29, 0.717) is 12.3 Å². The van der Waals surface area contributed by atoms with Crippen LogP contribution in [0.25, 0.3) is 0 Å². The monoisotopic (exact) mass is 229 g/mol. The van der Waals surface area contributed by atoms with Gasteiger partial charge in [-0.1, -0.05) is 0 Å². The maximum Gasteiger partial charge on any atom is 0.417 e. The molecule has 3 nitrogen and oxygen atoms in total. The Balaban J connectivity index is 3.47. The molecule has 0 aliphatic heterocycles. The zero-order valence-electron chi connectivity index (χ0n) is 6.42. The zero-order valence-corrected chi connectivity index (χ0v) is 7.23. The minimum Gasteiger partial charge on any atom is -0.263 e. The number of halogens is 4. The van der Waals surface area contributed by atoms with Gasteiger partial charge in [0.2, 0.25) is 0 Å². The molecule has 1 heterocycles. The molecule has 0 bridgehead atoms. The van der Waals surface area contributed by atoms with E-state index in [4.69, 9.17) is 0 Å². The summed E-state index contributed by atoms with van der Waals surface area (Å²) >= 11 is 0. The molecule has 0 aliphatic carbocycles. The number of nitrogens with zero attached hydrogens (tertiary/aromatic N) is 1. The fraction of sp³-hybridized carbons (Fsp3) is 0.167. The Morgan fingerprint density at radius 2 is 1.86 bits per heavy atom. The van der Waals surface area contributed by atoms with Gasteiger partial charge < -0.3 is 0 Å². The van der Waals surface area contributed by atoms with Gasteiger partial charge in [-0.15, -0.1) is 3.89 Å². The summed E-state index contributed by atoms with van der Waals surface area (Å²) in [5.74, 6) is 0. The number of aromatic nitrogens is 1. The lowest BCUT2D eigenvalue weighted by Gasteiger charge is -2.08. The van der Waals surface area contributed by atoms with Crippen molar-refractivity contribution in [2.45, 2.75) is 11.1 Å². The molecule has 1 aromatic heterocycles. The van der Waals surface area contributed by atoms with Gasteiger partial charge in [0, 0.05) is 12.4 Å². The summed E-state index contributed by atoms with van der Waals surface area (Å²) in [6.07, 6.45) is -3.87. The lowest BCUT2D eigenvalue weighted by atomic mass is 10.3. The maximum atomic E-state index is 12.3. The number of pyridine rings is 1. The van der Waals surface area contributed by atoms with E-state index >= 15 is 0 Å². The van der Waals surface area contributed by atoms with Gasteiger partial charge in [0.15, 0.2) is 0 Å². The van der Waals surface area contributed by atoms with Crippen molar-refractivity contribution < 1.29 is 25.5 Å². The molecule has 78 valence electrons. The third-order valence-electron chi connectivity index (χ3n) is 1.35. The van der Waals surface area contributed by atoms with Crippen LogP contribution in [-0.4, -0.2) is 13.4 Å². The van der Waals surface area contributed by atoms with E-state index in [1.54, 1.807) is 0 Å². The fourth-order valence-electron chi connectivity index (χ4n) is 0.808. The van der Waals surface area contributed by atoms with Crippen LogP contribution in [-0.2, 0) is 16.4 Å². The van der Waals surface area contributed by atoms with E-state index in [1.165, 1.54) is 0 Å². The van der Waals surface area contributed by atoms with E-state index < -0.39 is 26.9 Å². The van der Waals surface area contributed by atoms with Crippen LogP contribution >= 0.6 is 0 Å². The topological polar surface area (TPSA) is 47.0 Å². The zero-order chi connectivity index (χ0) is 11.0. The van der Waals surface area contributed by atoms with E-state index in [2.05, 4.69) is 4.98 Å². The number of hydrogen-bond acceptors (Lipinski definition) is 3. The van der Waals surface area contributed by atoms with Crippen LogP contribution in [0, 0.1) is 0 Å². The molecule has 14 heavy (non-hydrogen) atoms. The van der Waals surface area contributed by atoms with Crippen LogP contribution in [0.5, 0.6) is 0 Å². The van der Waals surface area contributed by atoms with Crippen LogP contribution in [0.3, 0.4) is 0 Å². The van der Waals surface area contributed by atoms with Crippen molar-refractivity contribution in [3.05, 3.63) is 24.0 Å². The Kier molecular flexibility index (Phi) is 2.49. The maximum absolute atomic E-state index is 12.3. The summed E-state index contributed by atoms with van der Waals surface area (Å²) in [6, 6.07) is 0.395. The van der Waals surface area contributed by atoms with Crippen molar-refractivity contribution in [3.63, 3.8) is 0 Å². The van der Waals surface area contributed by atoms with E-state index in [1.807, 2.05) is 0 Å². The van der Waals surface area contributed by atoms with Crippen LogP contribution < -0.4 is 0 Å². The second kappa shape index (κ2) is 3.19. The Hall–Kier alpha value is -1.18. The van der Waals surface area contributed by atoms with Crippen molar-refractivity contribution in [2.24, 2.45) is 0 Å². The Labute approximate surface area is 76.6 Å². The molecule has 0 aliphatic rings. The minimum atomic E-state index is -5.40. The Morgan fingerprint density at radius 1 is 1.29 bits per heavy atom. The summed E-state index contributed by atoms with van der Waals surface area (Å²) in [5, 5.41) is 0. The van der Waals surface area contributed by atoms with Gasteiger partial charge in [-0.3, -0.25) is 4.98 Å². The summed E-state index contributed by atoms with van der Waals surface area (Å²) in [4.78, 5) is 1.64. The van der Waals surface area contributed by atoms with Crippen molar-refractivity contribution >= 4 is 10.2 Å². The lowest BCUT2D eigenvalue weighted by Crippen LogP contribution is -2.11. The largest absolute Gasteiger partial charge is 0.417 e. The summed E-state index contributed by atoms with van der Waals surface area (Å²) in [5.41, 5.74) is -1.56. The van der Waals surface area contributed by atoms with Gasteiger partial charge in [-0.05, 0) is 6.07 Å². The molecule has 0 atom stereocenters. The standard InChI is InChI=1S/C6H3F4NO2S/c7-6(8,9)4-1-2-11-3-5(4)14(10,12)13/h1-3H. The van der Waals surface area contributed by atoms with Crippen molar-refractivity contribution in [3.8, 4) is 0 Å². The van der Waals surface area contributed by atoms with Crippen LogP contribution in [0.1, 0.15) is 5.56 Å². The molecule has 8 heteroatoms. The average Bonchev–Trinajstić information content (AvgIpc) is 2.01. The predicted molar refractivity (Wildman–Crippen MR) is 37.5 cm³/mol. The fourth-order valence-corrected chi connectivity index (χ4v) is 1.44. The lowest BCUT2D eigenvalue weighted by molar-refractivity contribution is -0.140. The Bertz CT molecular complexity index is 439. The highest BCUT2D eigenvalue weighted by Gasteiger charge is 2.37. The highest BCUT2D eigenvalue weighted by Crippen LogP contribution is 2.33. The molecule has 0 amide bonds. The summed E-state index contributed by atoms with van der Waals surface area (Å²) in [7, 11) is -5.40. The van der Waals surface area contributed by atoms with Crippen molar-refractivity contribution in [2.75, 3.05) is 0 Å². The van der Waals surface area contributed by atoms with E-state index in [-0.39, 0.29) is 0 Å². The van der Waals surface area contributed by atoms with Gasteiger partial charge in [0.25, 0.3) is 0 Å². The molecule has 0 unspecified atom stereocenters. The molecule has 1 aromatic rings. The van der Waals surface area contributed by atoms with Crippen LogP contribution in [0.15, 0.2) is 23.4 Å². The van der Waals surface area contributed by atoms with Gasteiger partial charge in [-0.2, -0.15) is 21.6 Å². The predicted octanol–water partition coefficient (Wildman–Crippen LogP) is 1.76. The van der Waals surface area contributed by atoms with E-state index in [0.717, 1.165) is 6.20 Å². The first-order valence-electron chi connectivity index (χ1n) is 3.19. The molecule has 0 spiro atoms. The first-order valence-corrected chi connectivity index (χ1v) is 4.57. The molecule has 0 saturated heterocycles. The molecule has 0 radical (unpaired) electrons. The second-order valence-corrected chi connectivity index (χ2v) is 3.62. The SMILES string of the molecule is O=S(=O)(F)c1cnccc1C(F)(F)F. The Morgan fingerprint density at radius 3 is 2.21 bits per heavy atom. The average molecular weight is 229 g/mol. The van der Waals surface area contributed by atoms with Crippen molar-refractivity contribution in [1.82, 2.24) is 4.98 Å². The molecule has 0 aromatic carbocycles. The van der Waals surface area contributed by atoms with Gasteiger partial charge in [0.1, 0.15) is 4.90 Å². The van der Waals surface area contributed by atoms with Crippen molar-refractivity contribution in [1.29, 1.82) is 0 Å². The smallest absolute Gasteiger partial charge is 0.263 e. The van der Waals surface area contributed by atoms with Crippen LogP contribution in [0.4, 0.5) is 17.1 Å². The normalized spacial score (nSPS) is 12.9. The number of alkyl halides is 3. The highest BCUT2D eigenvalue weighted by molar-refractivity contribution is 7.86. The summed E-state index contributed by atoms with van der Waals surface area (Å²) < 4.78 is 69.3. The molecule has 0 saturated carbocycles. The molecule has 0 N–H and O–H groups in total. The first-order chi connectivity index (χ1) is 6.23. The summed E-state index contributed by atoms with van der Waals surface area (Å²) in [6.45, 7) is 0. The van der Waals surface area contributed by atoms with Crippen LogP contribution in [0.2, 0.25) is 0 Å². The minimum absolute atomic E-state index is 0.318. The molecular weight excluding hydrogens is 226 g/mol. The third-order valence-corrected chi connectivity index (χ3v) is 2.20. The quantitative estimate of drug-likeness (QED) is 0.544. The number of hydrogen-bond donors (Lipinski definition) is 0. The molecule has 1 rings (SSSR count). The van der Waals surface area contributed by atoms with Gasteiger partial charge >= 0.3 is 16.4 Å². The van der Waals surface area contributed by atoms with Gasteiger partial charge in [-0.25, -0.2) is 0 Å².